The van der Waals surface area contributed by atoms with Gasteiger partial charge in [-0.25, -0.2) is 0 Å². The number of benzene rings is 10. The molecular weight excluding hydrogens is 1020 g/mol. The fourth-order valence-electron chi connectivity index (χ4n) is 15.4. The number of nitrogens with zero attached hydrogens (tertiary/aromatic N) is 5. The zero-order chi connectivity index (χ0) is 55.3. The smallest absolute Gasteiger partial charge is 0.0719 e. The molecule has 400 valence electrons. The predicted molar refractivity (Wildman–Crippen MR) is 348 cm³/mol. The van der Waals surface area contributed by atoms with E-state index in [0.717, 1.165) is 47.7 Å². The van der Waals surface area contributed by atoms with Crippen LogP contribution in [0.25, 0.3) is 33.1 Å². The Kier molecular flexibility index (Phi) is 11.2. The highest BCUT2D eigenvalue weighted by molar-refractivity contribution is 6.11. The predicted octanol–water partition coefficient (Wildman–Crippen LogP) is 19.8. The maximum absolute atomic E-state index is 2.81. The van der Waals surface area contributed by atoms with Crippen molar-refractivity contribution in [3.05, 3.63) is 348 Å². The summed E-state index contributed by atoms with van der Waals surface area (Å²) in [6.45, 7) is 0. The monoisotopic (exact) mass is 1080 g/mol. The first-order valence-electron chi connectivity index (χ1n) is 29.7. The van der Waals surface area contributed by atoms with Crippen LogP contribution in [0, 0.1) is 0 Å². The second-order valence-corrected chi connectivity index (χ2v) is 23.0. The van der Waals surface area contributed by atoms with Crippen molar-refractivity contribution < 1.29 is 0 Å². The highest BCUT2D eigenvalue weighted by Crippen LogP contribution is 2.65. The van der Waals surface area contributed by atoms with Crippen molar-refractivity contribution in [2.75, 3.05) is 14.7 Å². The van der Waals surface area contributed by atoms with Crippen molar-refractivity contribution in [2.45, 2.75) is 42.7 Å². The van der Waals surface area contributed by atoms with Crippen molar-refractivity contribution in [1.82, 2.24) is 9.47 Å². The van der Waals surface area contributed by atoms with Gasteiger partial charge in [0, 0.05) is 67.9 Å². The van der Waals surface area contributed by atoms with E-state index in [1.54, 1.807) is 0 Å². The van der Waals surface area contributed by atoms with E-state index in [9.17, 15) is 0 Å². The Bertz CT molecular complexity index is 4570. The fraction of sp³-hybridized carbons (Fsp3) is 0.0886. The minimum Gasteiger partial charge on any atom is -0.361 e. The summed E-state index contributed by atoms with van der Waals surface area (Å²) >= 11 is 0. The van der Waals surface area contributed by atoms with Gasteiger partial charge in [0.25, 0.3) is 0 Å². The van der Waals surface area contributed by atoms with Crippen molar-refractivity contribution in [3.8, 4) is 5.69 Å². The fourth-order valence-corrected chi connectivity index (χ4v) is 15.4. The molecule has 10 aromatic carbocycles. The number of fused-ring (bicyclic) bond motifs is 14. The lowest BCUT2D eigenvalue weighted by Gasteiger charge is -2.48. The average molecular weight is 1080 g/mol. The Balaban J connectivity index is 0.854. The van der Waals surface area contributed by atoms with Crippen molar-refractivity contribution in [3.63, 3.8) is 0 Å². The SMILES string of the molecule is C1=CCC(N(C2=CC=C3C(C2)c2ccccc2N3c2ccccc2)C2C=CC3=C(C2)C2(c4cc(N(c5ccccc5)c5ccc6c(c5)c5ccccc5n6-c5ccccc5)ccc43)c3ccccc3N(c3ccccc3)c3ccccc32)C=C1. The largest absolute Gasteiger partial charge is 0.361 e. The van der Waals surface area contributed by atoms with Crippen LogP contribution < -0.4 is 14.7 Å². The molecule has 84 heavy (non-hydrogen) atoms. The first-order valence-corrected chi connectivity index (χ1v) is 29.7. The van der Waals surface area contributed by atoms with E-state index in [1.807, 2.05) is 0 Å². The maximum atomic E-state index is 2.81. The molecule has 0 N–H and O–H groups in total. The first-order chi connectivity index (χ1) is 41.7. The number of aromatic nitrogens is 1. The lowest BCUT2D eigenvalue weighted by molar-refractivity contribution is 0.229. The van der Waals surface area contributed by atoms with Gasteiger partial charge in [-0.05, 0) is 174 Å². The molecule has 6 aliphatic rings. The summed E-state index contributed by atoms with van der Waals surface area (Å²) in [4.78, 5) is 10.3. The Labute approximate surface area is 490 Å². The van der Waals surface area contributed by atoms with Gasteiger partial charge in [0.15, 0.2) is 0 Å². The summed E-state index contributed by atoms with van der Waals surface area (Å²) in [6.07, 6.45) is 21.9. The molecule has 2 aliphatic heterocycles. The number of hydrogen-bond donors (Lipinski definition) is 0. The standard InChI is InChI=1S/C79H59N5/c1-6-24-54(25-7-1)80(59-44-48-75-67(50-59)65-34-16-20-38-73(65)82(75)56-28-10-3-11-29-56)61-42-46-63-64-47-43-62(53-72(64)79(71(63)52-61)69-36-18-22-40-77(69)84(58-32-14-5-15-33-58)78-41-23-19-37-70(78)79)81(55-26-8-2-9-27-55)60-45-49-76-68(51-60)66-35-17-21-39-74(66)83(76)57-30-12-4-13-31-57/h1-26,28-50,52,55,62,68H,27,51,53H2. The minimum absolute atomic E-state index is 0.0654. The van der Waals surface area contributed by atoms with E-state index in [0.29, 0.717) is 0 Å². The van der Waals surface area contributed by atoms with Crippen LogP contribution in [0.5, 0.6) is 0 Å². The molecule has 1 aromatic heterocycles. The molecule has 0 amide bonds. The van der Waals surface area contributed by atoms with Gasteiger partial charge < -0.3 is 24.2 Å². The zero-order valence-corrected chi connectivity index (χ0v) is 46.5. The van der Waals surface area contributed by atoms with Crippen LogP contribution in [0.1, 0.15) is 53.0 Å². The van der Waals surface area contributed by atoms with Crippen molar-refractivity contribution in [1.29, 1.82) is 0 Å². The number of para-hydroxylation sites is 8. The molecule has 5 nitrogen and oxygen atoms in total. The second-order valence-electron chi connectivity index (χ2n) is 23.0. The summed E-state index contributed by atoms with van der Waals surface area (Å²) < 4.78 is 2.41. The summed E-state index contributed by atoms with van der Waals surface area (Å²) in [5, 5.41) is 2.44. The number of anilines is 8. The normalized spacial score (nSPS) is 18.5. The van der Waals surface area contributed by atoms with Crippen LogP contribution in [-0.2, 0) is 5.41 Å². The van der Waals surface area contributed by atoms with Gasteiger partial charge in [0.05, 0.1) is 39.9 Å². The third-order valence-corrected chi connectivity index (χ3v) is 18.7. The van der Waals surface area contributed by atoms with E-state index >= 15 is 0 Å². The lowest BCUT2D eigenvalue weighted by atomic mass is 9.62. The van der Waals surface area contributed by atoms with Crippen LogP contribution in [0.3, 0.4) is 0 Å². The molecule has 0 bridgehead atoms. The third-order valence-electron chi connectivity index (χ3n) is 18.7. The maximum Gasteiger partial charge on any atom is 0.0719 e. The summed E-state index contributed by atoms with van der Waals surface area (Å²) in [5.74, 6) is 0.228. The molecule has 3 atom stereocenters. The van der Waals surface area contributed by atoms with Crippen molar-refractivity contribution in [2.24, 2.45) is 0 Å². The average Bonchev–Trinajstić information content (AvgIpc) is 1.57. The molecule has 17 rings (SSSR count). The Morgan fingerprint density at radius 3 is 1.76 bits per heavy atom. The van der Waals surface area contributed by atoms with Crippen LogP contribution in [-0.4, -0.2) is 21.6 Å². The number of allylic oxidation sites excluding steroid dienone is 8. The van der Waals surface area contributed by atoms with Gasteiger partial charge in [0.1, 0.15) is 0 Å². The Morgan fingerprint density at radius 2 is 1.04 bits per heavy atom. The van der Waals surface area contributed by atoms with E-state index < -0.39 is 5.41 Å². The molecule has 3 unspecified atom stereocenters. The molecule has 0 saturated heterocycles. The van der Waals surface area contributed by atoms with Crippen molar-refractivity contribution >= 4 is 72.9 Å². The molecule has 0 saturated carbocycles. The van der Waals surface area contributed by atoms with Crippen LogP contribution in [0.15, 0.2) is 320 Å². The molecule has 1 spiro atoms. The molecule has 11 aromatic rings. The van der Waals surface area contributed by atoms with Gasteiger partial charge >= 0.3 is 0 Å². The summed E-state index contributed by atoms with van der Waals surface area (Å²) in [6, 6.07) is 94.8. The van der Waals surface area contributed by atoms with E-state index in [-0.39, 0.29) is 18.0 Å². The second kappa shape index (κ2) is 19.4. The molecule has 0 radical (unpaired) electrons. The van der Waals surface area contributed by atoms with Crippen LogP contribution in [0.4, 0.5) is 45.5 Å². The third kappa shape index (κ3) is 7.28. The zero-order valence-electron chi connectivity index (χ0n) is 46.5. The first kappa shape index (κ1) is 48.4. The topological polar surface area (TPSA) is 17.9 Å². The van der Waals surface area contributed by atoms with Gasteiger partial charge in [-0.1, -0.05) is 188 Å². The molecule has 3 heterocycles. The number of hydrogen-bond acceptors (Lipinski definition) is 4. The highest BCUT2D eigenvalue weighted by Gasteiger charge is 2.54. The Hall–Kier alpha value is -10.4. The minimum atomic E-state index is -0.653. The molecule has 0 fully saturated rings. The highest BCUT2D eigenvalue weighted by atomic mass is 15.2. The quantitative estimate of drug-likeness (QED) is 0.143. The molecular formula is C79H59N5. The molecule has 5 heteroatoms. The van der Waals surface area contributed by atoms with Gasteiger partial charge in [0.2, 0.25) is 0 Å². The van der Waals surface area contributed by atoms with Gasteiger partial charge in [-0.2, -0.15) is 0 Å². The van der Waals surface area contributed by atoms with Crippen LogP contribution in [0.2, 0.25) is 0 Å². The van der Waals surface area contributed by atoms with Gasteiger partial charge in [-0.3, -0.25) is 0 Å². The summed E-state index contributed by atoms with van der Waals surface area (Å²) in [7, 11) is 0. The van der Waals surface area contributed by atoms with E-state index in [4.69, 9.17) is 0 Å². The molecule has 4 aliphatic carbocycles. The van der Waals surface area contributed by atoms with Gasteiger partial charge in [-0.15, -0.1) is 0 Å². The van der Waals surface area contributed by atoms with Crippen LogP contribution >= 0.6 is 0 Å². The number of rotatable bonds is 9. The Morgan fingerprint density at radius 1 is 0.429 bits per heavy atom. The lowest BCUT2D eigenvalue weighted by Crippen LogP contribution is -2.45. The van der Waals surface area contributed by atoms with E-state index in [2.05, 4.69) is 328 Å². The van der Waals surface area contributed by atoms with E-state index in [1.165, 1.54) is 94.9 Å². The summed E-state index contributed by atoms with van der Waals surface area (Å²) in [5.41, 5.74) is 24.3.